The molecule has 17 heavy (non-hydrogen) atoms. The number of nitrogens with one attached hydrogen (secondary N) is 1. The van der Waals surface area contributed by atoms with Crippen molar-refractivity contribution < 1.29 is 4.74 Å². The van der Waals surface area contributed by atoms with E-state index in [0.29, 0.717) is 6.61 Å². The second-order valence-corrected chi connectivity index (χ2v) is 4.90. The van der Waals surface area contributed by atoms with Crippen LogP contribution in [0.3, 0.4) is 0 Å². The van der Waals surface area contributed by atoms with Crippen molar-refractivity contribution in [3.63, 3.8) is 0 Å². The van der Waals surface area contributed by atoms with E-state index < -0.39 is 0 Å². The van der Waals surface area contributed by atoms with E-state index in [4.69, 9.17) is 4.74 Å². The van der Waals surface area contributed by atoms with Crippen molar-refractivity contribution in [2.45, 2.75) is 25.9 Å². The van der Waals surface area contributed by atoms with Crippen LogP contribution >= 0.6 is 0 Å². The van der Waals surface area contributed by atoms with Gasteiger partial charge < -0.3 is 9.72 Å². The van der Waals surface area contributed by atoms with Crippen molar-refractivity contribution in [2.24, 2.45) is 0 Å². The first-order chi connectivity index (χ1) is 8.12. The molecule has 90 valence electrons. The zero-order chi connectivity index (χ0) is 12.3. The van der Waals surface area contributed by atoms with Crippen LogP contribution in [0.15, 0.2) is 43.1 Å². The minimum atomic E-state index is -0.168. The average Bonchev–Trinajstić information content (AvgIpc) is 2.70. The Bertz CT molecular complexity index is 510. The molecule has 0 fully saturated rings. The number of rotatable bonds is 5. The molecule has 0 amide bonds. The monoisotopic (exact) mass is 229 g/mol. The number of hydrogen-bond acceptors (Lipinski definition) is 1. The van der Waals surface area contributed by atoms with Gasteiger partial charge in [0.15, 0.2) is 0 Å². The second-order valence-electron chi connectivity index (χ2n) is 4.90. The molecule has 1 aromatic heterocycles. The largest absolute Gasteiger partial charge is 0.371 e. The zero-order valence-electron chi connectivity index (χ0n) is 10.5. The second kappa shape index (κ2) is 4.76. The lowest BCUT2D eigenvalue weighted by Crippen LogP contribution is -2.27. The number of benzene rings is 1. The van der Waals surface area contributed by atoms with Gasteiger partial charge in [-0.05, 0) is 25.5 Å². The Balaban J connectivity index is 2.20. The van der Waals surface area contributed by atoms with Gasteiger partial charge in [0.05, 0.1) is 12.2 Å². The van der Waals surface area contributed by atoms with Gasteiger partial charge in [-0.2, -0.15) is 0 Å². The van der Waals surface area contributed by atoms with Gasteiger partial charge in [-0.15, -0.1) is 6.58 Å². The van der Waals surface area contributed by atoms with E-state index in [9.17, 15) is 0 Å². The SMILES string of the molecule is C=CCOC(C)(C)Cc1c[nH]c2ccccc12. The van der Waals surface area contributed by atoms with Crippen molar-refractivity contribution in [2.75, 3.05) is 6.61 Å². The van der Waals surface area contributed by atoms with Crippen molar-refractivity contribution in [3.05, 3.63) is 48.7 Å². The molecule has 0 unspecified atom stereocenters. The Morgan fingerprint density at radius 2 is 2.12 bits per heavy atom. The smallest absolute Gasteiger partial charge is 0.0671 e. The summed E-state index contributed by atoms with van der Waals surface area (Å²) >= 11 is 0. The Morgan fingerprint density at radius 3 is 2.88 bits per heavy atom. The summed E-state index contributed by atoms with van der Waals surface area (Å²) in [5.74, 6) is 0. The number of aromatic nitrogens is 1. The molecule has 2 nitrogen and oxygen atoms in total. The summed E-state index contributed by atoms with van der Waals surface area (Å²) in [5.41, 5.74) is 2.32. The van der Waals surface area contributed by atoms with Crippen molar-refractivity contribution in [1.29, 1.82) is 0 Å². The quantitative estimate of drug-likeness (QED) is 0.777. The van der Waals surface area contributed by atoms with Crippen molar-refractivity contribution >= 4 is 10.9 Å². The summed E-state index contributed by atoms with van der Waals surface area (Å²) in [7, 11) is 0. The highest BCUT2D eigenvalue weighted by Gasteiger charge is 2.20. The van der Waals surface area contributed by atoms with Gasteiger partial charge in [-0.1, -0.05) is 24.3 Å². The number of para-hydroxylation sites is 1. The van der Waals surface area contributed by atoms with Gasteiger partial charge in [0, 0.05) is 23.5 Å². The molecule has 2 heteroatoms. The first kappa shape index (κ1) is 11.9. The number of ether oxygens (including phenoxy) is 1. The highest BCUT2D eigenvalue weighted by molar-refractivity contribution is 5.83. The van der Waals surface area contributed by atoms with Gasteiger partial charge in [-0.3, -0.25) is 0 Å². The third-order valence-electron chi connectivity index (χ3n) is 2.88. The molecule has 0 saturated heterocycles. The Morgan fingerprint density at radius 1 is 1.35 bits per heavy atom. The molecular formula is C15H19NO. The molecule has 2 rings (SSSR count). The van der Waals surface area contributed by atoms with Gasteiger partial charge in [0.1, 0.15) is 0 Å². The molecule has 0 aliphatic carbocycles. The third kappa shape index (κ3) is 2.77. The van der Waals surface area contributed by atoms with E-state index in [0.717, 1.165) is 6.42 Å². The molecule has 0 bridgehead atoms. The van der Waals surface area contributed by atoms with Crippen LogP contribution < -0.4 is 0 Å². The van der Waals surface area contributed by atoms with E-state index in [-0.39, 0.29) is 5.60 Å². The fourth-order valence-electron chi connectivity index (χ4n) is 2.07. The standard InChI is InChI=1S/C15H19NO/c1-4-9-17-15(2,3)10-12-11-16-14-8-6-5-7-13(12)14/h4-8,11,16H,1,9-10H2,2-3H3. The normalized spacial score (nSPS) is 11.9. The van der Waals surface area contributed by atoms with Crippen LogP contribution in [-0.4, -0.2) is 17.2 Å². The van der Waals surface area contributed by atoms with Crippen LogP contribution in [0, 0.1) is 0 Å². The van der Waals surface area contributed by atoms with Crippen LogP contribution in [-0.2, 0) is 11.2 Å². The van der Waals surface area contributed by atoms with Crippen molar-refractivity contribution in [3.8, 4) is 0 Å². The maximum atomic E-state index is 5.77. The van der Waals surface area contributed by atoms with E-state index >= 15 is 0 Å². The molecule has 2 aromatic rings. The van der Waals surface area contributed by atoms with Crippen molar-refractivity contribution in [1.82, 2.24) is 4.98 Å². The summed E-state index contributed by atoms with van der Waals surface area (Å²) in [4.78, 5) is 3.29. The molecule has 0 saturated carbocycles. The number of hydrogen-bond donors (Lipinski definition) is 1. The number of fused-ring (bicyclic) bond motifs is 1. The van der Waals surface area contributed by atoms with E-state index in [2.05, 4.69) is 49.8 Å². The summed E-state index contributed by atoms with van der Waals surface area (Å²) < 4.78 is 5.77. The minimum absolute atomic E-state index is 0.168. The van der Waals surface area contributed by atoms with E-state index in [1.54, 1.807) is 6.08 Å². The molecule has 0 radical (unpaired) electrons. The lowest BCUT2D eigenvalue weighted by Gasteiger charge is -2.24. The molecule has 0 atom stereocenters. The zero-order valence-corrected chi connectivity index (χ0v) is 10.5. The summed E-state index contributed by atoms with van der Waals surface area (Å²) in [6, 6.07) is 8.35. The molecule has 1 aromatic carbocycles. The molecular weight excluding hydrogens is 210 g/mol. The first-order valence-corrected chi connectivity index (χ1v) is 5.92. The van der Waals surface area contributed by atoms with Gasteiger partial charge in [-0.25, -0.2) is 0 Å². The summed E-state index contributed by atoms with van der Waals surface area (Å²) in [6.45, 7) is 8.49. The van der Waals surface area contributed by atoms with Gasteiger partial charge >= 0.3 is 0 Å². The van der Waals surface area contributed by atoms with Gasteiger partial charge in [0.2, 0.25) is 0 Å². The molecule has 0 spiro atoms. The lowest BCUT2D eigenvalue weighted by molar-refractivity contribution is 0.000111. The third-order valence-corrected chi connectivity index (χ3v) is 2.88. The van der Waals surface area contributed by atoms with Crippen LogP contribution in [0.25, 0.3) is 10.9 Å². The fraction of sp³-hybridized carbons (Fsp3) is 0.333. The average molecular weight is 229 g/mol. The Hall–Kier alpha value is -1.54. The molecule has 0 aliphatic rings. The number of H-pyrrole nitrogens is 1. The van der Waals surface area contributed by atoms with Crippen LogP contribution in [0.2, 0.25) is 0 Å². The maximum Gasteiger partial charge on any atom is 0.0671 e. The lowest BCUT2D eigenvalue weighted by atomic mass is 9.98. The van der Waals surface area contributed by atoms with E-state index in [1.807, 2.05) is 6.07 Å². The van der Waals surface area contributed by atoms with Crippen LogP contribution in [0.4, 0.5) is 0 Å². The highest BCUT2D eigenvalue weighted by atomic mass is 16.5. The maximum absolute atomic E-state index is 5.77. The predicted molar refractivity (Wildman–Crippen MR) is 72.2 cm³/mol. The first-order valence-electron chi connectivity index (χ1n) is 5.92. The summed E-state index contributed by atoms with van der Waals surface area (Å²) in [5, 5.41) is 1.28. The van der Waals surface area contributed by atoms with Gasteiger partial charge in [0.25, 0.3) is 0 Å². The molecule has 0 aliphatic heterocycles. The highest BCUT2D eigenvalue weighted by Crippen LogP contribution is 2.24. The Kier molecular flexibility index (Phi) is 3.34. The Labute approximate surface area is 102 Å². The van der Waals surface area contributed by atoms with Crippen LogP contribution in [0.5, 0.6) is 0 Å². The topological polar surface area (TPSA) is 25.0 Å². The predicted octanol–water partition coefficient (Wildman–Crippen LogP) is 3.69. The molecule has 1 heterocycles. The summed E-state index contributed by atoms with van der Waals surface area (Å²) in [6.07, 6.45) is 4.76. The molecule has 1 N–H and O–H groups in total. The van der Waals surface area contributed by atoms with Crippen LogP contribution in [0.1, 0.15) is 19.4 Å². The fourth-order valence-corrected chi connectivity index (χ4v) is 2.07. The number of aromatic amines is 1. The minimum Gasteiger partial charge on any atom is -0.371 e. The van der Waals surface area contributed by atoms with E-state index in [1.165, 1.54) is 16.5 Å².